The van der Waals surface area contributed by atoms with Gasteiger partial charge in [-0.15, -0.1) is 0 Å². The molecule has 5 heteroatoms. The first-order valence-corrected chi connectivity index (χ1v) is 6.15. The van der Waals surface area contributed by atoms with Gasteiger partial charge in [0.25, 0.3) is 0 Å². The normalized spacial score (nSPS) is 11.4. The van der Waals surface area contributed by atoms with E-state index in [-0.39, 0.29) is 5.76 Å². The SMILES string of the molecule is Cc1oc(C(=O)O)cc1CNCCN(C)C(C)C. The predicted octanol–water partition coefficient (Wildman–Crippen LogP) is 1.72. The van der Waals surface area contributed by atoms with E-state index >= 15 is 0 Å². The van der Waals surface area contributed by atoms with Crippen LogP contribution in [0, 0.1) is 6.92 Å². The van der Waals surface area contributed by atoms with Crippen LogP contribution in [0.1, 0.15) is 35.7 Å². The van der Waals surface area contributed by atoms with Crippen LogP contribution in [0.3, 0.4) is 0 Å². The van der Waals surface area contributed by atoms with Gasteiger partial charge in [-0.05, 0) is 33.9 Å². The van der Waals surface area contributed by atoms with Gasteiger partial charge in [-0.3, -0.25) is 0 Å². The molecule has 0 saturated carbocycles. The van der Waals surface area contributed by atoms with E-state index in [0.717, 1.165) is 18.7 Å². The van der Waals surface area contributed by atoms with Crippen molar-refractivity contribution in [2.45, 2.75) is 33.4 Å². The fourth-order valence-corrected chi connectivity index (χ4v) is 1.54. The van der Waals surface area contributed by atoms with E-state index < -0.39 is 5.97 Å². The number of hydrogen-bond acceptors (Lipinski definition) is 4. The lowest BCUT2D eigenvalue weighted by Crippen LogP contribution is -2.33. The summed E-state index contributed by atoms with van der Waals surface area (Å²) in [5, 5.41) is 12.1. The summed E-state index contributed by atoms with van der Waals surface area (Å²) in [6.07, 6.45) is 0. The van der Waals surface area contributed by atoms with Gasteiger partial charge in [-0.2, -0.15) is 0 Å². The topological polar surface area (TPSA) is 65.7 Å². The second-order valence-corrected chi connectivity index (χ2v) is 4.75. The van der Waals surface area contributed by atoms with Gasteiger partial charge >= 0.3 is 5.97 Å². The van der Waals surface area contributed by atoms with Crippen LogP contribution in [0.5, 0.6) is 0 Å². The van der Waals surface area contributed by atoms with Crippen molar-refractivity contribution in [3.63, 3.8) is 0 Å². The number of carbonyl (C=O) groups is 1. The van der Waals surface area contributed by atoms with Crippen molar-refractivity contribution in [3.05, 3.63) is 23.2 Å². The smallest absolute Gasteiger partial charge is 0.371 e. The van der Waals surface area contributed by atoms with Gasteiger partial charge in [-0.25, -0.2) is 4.79 Å². The molecule has 0 aliphatic heterocycles. The number of aryl methyl sites for hydroxylation is 1. The standard InChI is InChI=1S/C13H22N2O3/c1-9(2)15(4)6-5-14-8-11-7-12(13(16)17)18-10(11)3/h7,9,14H,5-6,8H2,1-4H3,(H,16,17). The van der Waals surface area contributed by atoms with Crippen LogP contribution in [0.15, 0.2) is 10.5 Å². The number of aromatic carboxylic acids is 1. The van der Waals surface area contributed by atoms with Crippen molar-refractivity contribution >= 4 is 5.97 Å². The van der Waals surface area contributed by atoms with Crippen LogP contribution >= 0.6 is 0 Å². The van der Waals surface area contributed by atoms with Crippen molar-refractivity contribution in [3.8, 4) is 0 Å². The van der Waals surface area contributed by atoms with Crippen molar-refractivity contribution in [2.75, 3.05) is 20.1 Å². The summed E-state index contributed by atoms with van der Waals surface area (Å²) in [4.78, 5) is 13.0. The van der Waals surface area contributed by atoms with Gasteiger partial charge in [0.1, 0.15) is 5.76 Å². The van der Waals surface area contributed by atoms with Crippen LogP contribution in [-0.2, 0) is 6.54 Å². The van der Waals surface area contributed by atoms with Gasteiger partial charge in [0.15, 0.2) is 0 Å². The second-order valence-electron chi connectivity index (χ2n) is 4.75. The molecule has 1 aromatic heterocycles. The molecule has 18 heavy (non-hydrogen) atoms. The predicted molar refractivity (Wildman–Crippen MR) is 69.9 cm³/mol. The maximum Gasteiger partial charge on any atom is 0.371 e. The minimum atomic E-state index is -1.02. The molecular weight excluding hydrogens is 232 g/mol. The number of likely N-dealkylation sites (N-methyl/N-ethyl adjacent to an activating group) is 1. The van der Waals surface area contributed by atoms with Gasteiger partial charge < -0.3 is 19.7 Å². The number of furan rings is 1. The largest absolute Gasteiger partial charge is 0.475 e. The molecule has 0 unspecified atom stereocenters. The highest BCUT2D eigenvalue weighted by Crippen LogP contribution is 2.14. The van der Waals surface area contributed by atoms with E-state index in [1.165, 1.54) is 0 Å². The van der Waals surface area contributed by atoms with Crippen LogP contribution in [0.25, 0.3) is 0 Å². The minimum absolute atomic E-state index is 0.00333. The summed E-state index contributed by atoms with van der Waals surface area (Å²) in [5.74, 6) is -0.357. The maximum absolute atomic E-state index is 10.7. The zero-order valence-corrected chi connectivity index (χ0v) is 11.5. The third-order valence-electron chi connectivity index (χ3n) is 3.07. The van der Waals surface area contributed by atoms with Crippen LogP contribution in [0.4, 0.5) is 0 Å². The van der Waals surface area contributed by atoms with E-state index in [0.29, 0.717) is 18.3 Å². The fourth-order valence-electron chi connectivity index (χ4n) is 1.54. The lowest BCUT2D eigenvalue weighted by atomic mass is 10.2. The zero-order valence-electron chi connectivity index (χ0n) is 11.5. The number of nitrogens with zero attached hydrogens (tertiary/aromatic N) is 1. The molecule has 0 radical (unpaired) electrons. The molecule has 1 rings (SSSR count). The highest BCUT2D eigenvalue weighted by Gasteiger charge is 2.12. The Bertz CT molecular complexity index is 399. The van der Waals surface area contributed by atoms with Crippen LogP contribution < -0.4 is 5.32 Å². The molecule has 102 valence electrons. The van der Waals surface area contributed by atoms with Crippen molar-refractivity contribution in [2.24, 2.45) is 0 Å². The lowest BCUT2D eigenvalue weighted by Gasteiger charge is -2.20. The summed E-state index contributed by atoms with van der Waals surface area (Å²) in [7, 11) is 2.08. The van der Waals surface area contributed by atoms with Gasteiger partial charge in [0, 0.05) is 31.2 Å². The molecule has 1 heterocycles. The summed E-state index contributed by atoms with van der Waals surface area (Å²) >= 11 is 0. The third kappa shape index (κ3) is 4.16. The fraction of sp³-hybridized carbons (Fsp3) is 0.615. The Hall–Kier alpha value is -1.33. The van der Waals surface area contributed by atoms with Gasteiger partial charge in [-0.1, -0.05) is 0 Å². The number of carboxylic acids is 1. The lowest BCUT2D eigenvalue weighted by molar-refractivity contribution is 0.0661. The summed E-state index contributed by atoms with van der Waals surface area (Å²) < 4.78 is 5.14. The third-order valence-corrected chi connectivity index (χ3v) is 3.07. The molecule has 0 aromatic carbocycles. The number of nitrogens with one attached hydrogen (secondary N) is 1. The molecule has 2 N–H and O–H groups in total. The quantitative estimate of drug-likeness (QED) is 0.725. The number of rotatable bonds is 7. The average molecular weight is 254 g/mol. The molecule has 0 atom stereocenters. The Labute approximate surface area is 108 Å². The molecule has 0 saturated heterocycles. The van der Waals surface area contributed by atoms with Gasteiger partial charge in [0.05, 0.1) is 0 Å². The molecule has 1 aromatic rings. The molecule has 5 nitrogen and oxygen atoms in total. The summed E-state index contributed by atoms with van der Waals surface area (Å²) in [6.45, 7) is 8.54. The first-order chi connectivity index (χ1) is 8.41. The zero-order chi connectivity index (χ0) is 13.7. The second kappa shape index (κ2) is 6.56. The van der Waals surface area contributed by atoms with Crippen LogP contribution in [0.2, 0.25) is 0 Å². The Morgan fingerprint density at radius 2 is 2.22 bits per heavy atom. The molecule has 0 spiro atoms. The molecule has 0 amide bonds. The highest BCUT2D eigenvalue weighted by atomic mass is 16.4. The Morgan fingerprint density at radius 1 is 1.56 bits per heavy atom. The highest BCUT2D eigenvalue weighted by molar-refractivity contribution is 5.84. The molecule has 0 bridgehead atoms. The molecule has 0 aliphatic rings. The monoisotopic (exact) mass is 254 g/mol. The maximum atomic E-state index is 10.7. The molecular formula is C13H22N2O3. The van der Waals surface area contributed by atoms with Crippen LogP contribution in [-0.4, -0.2) is 42.2 Å². The van der Waals surface area contributed by atoms with E-state index in [4.69, 9.17) is 9.52 Å². The molecule has 0 aliphatic carbocycles. The van der Waals surface area contributed by atoms with Crippen molar-refractivity contribution < 1.29 is 14.3 Å². The number of carboxylic acid groups (broad SMARTS) is 1. The molecule has 0 fully saturated rings. The van der Waals surface area contributed by atoms with Gasteiger partial charge in [0.2, 0.25) is 5.76 Å². The van der Waals surface area contributed by atoms with E-state index in [1.807, 2.05) is 0 Å². The Morgan fingerprint density at radius 3 is 2.72 bits per heavy atom. The minimum Gasteiger partial charge on any atom is -0.475 e. The Kier molecular flexibility index (Phi) is 5.37. The van der Waals surface area contributed by atoms with E-state index in [1.54, 1.807) is 13.0 Å². The first kappa shape index (κ1) is 14.7. The van der Waals surface area contributed by atoms with Crippen molar-refractivity contribution in [1.29, 1.82) is 0 Å². The summed E-state index contributed by atoms with van der Waals surface area (Å²) in [5.41, 5.74) is 0.902. The first-order valence-electron chi connectivity index (χ1n) is 6.15. The average Bonchev–Trinajstić information content (AvgIpc) is 2.66. The Balaban J connectivity index is 2.38. The van der Waals surface area contributed by atoms with E-state index in [9.17, 15) is 4.79 Å². The summed E-state index contributed by atoms with van der Waals surface area (Å²) in [6, 6.07) is 2.11. The number of hydrogen-bond donors (Lipinski definition) is 2. The van der Waals surface area contributed by atoms with E-state index in [2.05, 4.69) is 31.1 Å². The van der Waals surface area contributed by atoms with Crippen molar-refractivity contribution in [1.82, 2.24) is 10.2 Å².